The molecule has 0 unspecified atom stereocenters. The molecule has 1 amide bonds. The molecule has 178 valence electrons. The zero-order valence-electron chi connectivity index (χ0n) is 18.3. The summed E-state index contributed by atoms with van der Waals surface area (Å²) in [6.45, 7) is 2.19. The maximum Gasteiger partial charge on any atom is 0.338 e. The molecular formula is C20H28N2O8S2. The molecule has 0 saturated carbocycles. The number of likely N-dealkylation sites (N-methyl/N-ethyl adjacent to an activating group) is 1. The number of benzene rings is 1. The molecule has 12 heteroatoms. The summed E-state index contributed by atoms with van der Waals surface area (Å²) >= 11 is 0. The van der Waals surface area contributed by atoms with Crippen LogP contribution < -0.4 is 4.74 Å². The Kier molecular flexibility index (Phi) is 7.15. The topological polar surface area (TPSA) is 127 Å². The lowest BCUT2D eigenvalue weighted by Crippen LogP contribution is -2.44. The Bertz CT molecular complexity index is 1090. The highest BCUT2D eigenvalue weighted by Gasteiger charge is 2.35. The van der Waals surface area contributed by atoms with Crippen molar-refractivity contribution in [2.24, 2.45) is 0 Å². The summed E-state index contributed by atoms with van der Waals surface area (Å²) in [5.41, 5.74) is -0.0330. The van der Waals surface area contributed by atoms with Crippen molar-refractivity contribution in [2.75, 3.05) is 38.8 Å². The maximum absolute atomic E-state index is 13.0. The first-order valence-electron chi connectivity index (χ1n) is 10.3. The summed E-state index contributed by atoms with van der Waals surface area (Å²) in [4.78, 5) is 26.5. The van der Waals surface area contributed by atoms with Gasteiger partial charge in [0.2, 0.25) is 10.0 Å². The van der Waals surface area contributed by atoms with Gasteiger partial charge in [0.1, 0.15) is 10.6 Å². The number of ether oxygens (including phenoxy) is 2. The van der Waals surface area contributed by atoms with Gasteiger partial charge in [0.05, 0.1) is 24.2 Å². The molecule has 1 aromatic carbocycles. The van der Waals surface area contributed by atoms with Crippen LogP contribution in [0.5, 0.6) is 5.75 Å². The Morgan fingerprint density at radius 3 is 2.44 bits per heavy atom. The molecule has 2 saturated heterocycles. The summed E-state index contributed by atoms with van der Waals surface area (Å²) in [5.74, 6) is -1.38. The number of hydrogen-bond donors (Lipinski definition) is 0. The SMILES string of the molecule is COc1ccc(C(=O)O[C@@H](C)C(=O)N(C)[C@@H]2CCS(=O)(=O)C2)cc1S(=O)(=O)N1CCCC1. The molecule has 2 fully saturated rings. The standard InChI is InChI=1S/C20H28N2O8S2/c1-14(19(23)21(2)16-8-11-31(25,26)13-16)30-20(24)15-6-7-17(29-3)18(12-15)32(27,28)22-9-4-5-10-22/h6-7,12,14,16H,4-5,8-11,13H2,1-3H3/t14-,16+/m0/s1. The predicted molar refractivity (Wildman–Crippen MR) is 116 cm³/mol. The summed E-state index contributed by atoms with van der Waals surface area (Å²) < 4.78 is 61.1. The summed E-state index contributed by atoms with van der Waals surface area (Å²) in [7, 11) is -4.20. The van der Waals surface area contributed by atoms with E-state index in [1.807, 2.05) is 0 Å². The number of sulfonamides is 1. The Balaban J connectivity index is 1.75. The van der Waals surface area contributed by atoms with E-state index < -0.39 is 43.9 Å². The molecule has 0 bridgehead atoms. The van der Waals surface area contributed by atoms with Gasteiger partial charge >= 0.3 is 5.97 Å². The van der Waals surface area contributed by atoms with Gasteiger partial charge in [-0.25, -0.2) is 21.6 Å². The van der Waals surface area contributed by atoms with Crippen molar-refractivity contribution >= 4 is 31.7 Å². The number of nitrogens with zero attached hydrogens (tertiary/aromatic N) is 2. The van der Waals surface area contributed by atoms with Gasteiger partial charge in [-0.15, -0.1) is 0 Å². The average molecular weight is 489 g/mol. The molecule has 2 heterocycles. The van der Waals surface area contributed by atoms with Crippen LogP contribution in [0.15, 0.2) is 23.1 Å². The van der Waals surface area contributed by atoms with Crippen LogP contribution in [0, 0.1) is 0 Å². The first kappa shape index (κ1) is 24.5. The number of sulfone groups is 1. The van der Waals surface area contributed by atoms with Gasteiger partial charge in [0.15, 0.2) is 15.9 Å². The molecule has 0 aliphatic carbocycles. The molecule has 0 radical (unpaired) electrons. The van der Waals surface area contributed by atoms with E-state index in [4.69, 9.17) is 9.47 Å². The predicted octanol–water partition coefficient (Wildman–Crippen LogP) is 0.671. The zero-order chi connectivity index (χ0) is 23.7. The van der Waals surface area contributed by atoms with E-state index in [1.165, 1.54) is 48.5 Å². The van der Waals surface area contributed by atoms with Crippen LogP contribution in [0.25, 0.3) is 0 Å². The number of carbonyl (C=O) groups excluding carboxylic acids is 2. The quantitative estimate of drug-likeness (QED) is 0.513. The number of rotatable bonds is 7. The second-order valence-corrected chi connectivity index (χ2v) is 12.2. The fraction of sp³-hybridized carbons (Fsp3) is 0.600. The number of hydrogen-bond acceptors (Lipinski definition) is 8. The van der Waals surface area contributed by atoms with E-state index in [0.717, 1.165) is 12.8 Å². The molecule has 2 aliphatic heterocycles. The zero-order valence-corrected chi connectivity index (χ0v) is 19.9. The fourth-order valence-electron chi connectivity index (χ4n) is 3.90. The number of methoxy groups -OCH3 is 1. The Morgan fingerprint density at radius 1 is 1.22 bits per heavy atom. The minimum absolute atomic E-state index is 0.0174. The van der Waals surface area contributed by atoms with Crippen LogP contribution in [-0.2, 0) is 29.4 Å². The number of carbonyl (C=O) groups is 2. The van der Waals surface area contributed by atoms with Crippen LogP contribution in [0.1, 0.15) is 36.5 Å². The Hall–Kier alpha value is -2.18. The lowest BCUT2D eigenvalue weighted by molar-refractivity contribution is -0.140. The van der Waals surface area contributed by atoms with E-state index in [-0.39, 0.29) is 27.7 Å². The lowest BCUT2D eigenvalue weighted by Gasteiger charge is -2.26. The highest BCUT2D eigenvalue weighted by atomic mass is 32.2. The van der Waals surface area contributed by atoms with Crippen molar-refractivity contribution < 1.29 is 35.9 Å². The van der Waals surface area contributed by atoms with Gasteiger partial charge < -0.3 is 14.4 Å². The van der Waals surface area contributed by atoms with Gasteiger partial charge in [-0.2, -0.15) is 4.31 Å². The van der Waals surface area contributed by atoms with E-state index >= 15 is 0 Å². The van der Waals surface area contributed by atoms with Gasteiger partial charge in [0, 0.05) is 26.2 Å². The summed E-state index contributed by atoms with van der Waals surface area (Å²) in [5, 5.41) is 0. The van der Waals surface area contributed by atoms with Crippen LogP contribution in [0.3, 0.4) is 0 Å². The van der Waals surface area contributed by atoms with Crippen molar-refractivity contribution in [2.45, 2.75) is 43.2 Å². The minimum atomic E-state index is -3.85. The first-order valence-corrected chi connectivity index (χ1v) is 13.6. The smallest absolute Gasteiger partial charge is 0.338 e. The lowest BCUT2D eigenvalue weighted by atomic mass is 10.2. The van der Waals surface area contributed by atoms with Crippen LogP contribution >= 0.6 is 0 Å². The number of esters is 1. The van der Waals surface area contributed by atoms with Crippen molar-refractivity contribution in [1.29, 1.82) is 0 Å². The Morgan fingerprint density at radius 2 is 1.88 bits per heavy atom. The first-order chi connectivity index (χ1) is 15.0. The summed E-state index contributed by atoms with van der Waals surface area (Å²) in [6.07, 6.45) is 0.690. The van der Waals surface area contributed by atoms with Gasteiger partial charge in [-0.1, -0.05) is 0 Å². The molecule has 10 nitrogen and oxygen atoms in total. The molecule has 1 aromatic rings. The molecule has 0 aromatic heterocycles. The van der Waals surface area contributed by atoms with Crippen molar-refractivity contribution in [1.82, 2.24) is 9.21 Å². The highest BCUT2D eigenvalue weighted by Crippen LogP contribution is 2.30. The third kappa shape index (κ3) is 5.07. The molecule has 0 N–H and O–H groups in total. The van der Waals surface area contributed by atoms with Crippen LogP contribution in [-0.4, -0.2) is 88.8 Å². The summed E-state index contributed by atoms with van der Waals surface area (Å²) in [6, 6.07) is 3.47. The molecule has 32 heavy (non-hydrogen) atoms. The second kappa shape index (κ2) is 9.36. The molecular weight excluding hydrogens is 460 g/mol. The monoisotopic (exact) mass is 488 g/mol. The molecule has 2 aliphatic rings. The Labute approximate surface area is 188 Å². The molecule has 3 rings (SSSR count). The van der Waals surface area contributed by atoms with E-state index in [0.29, 0.717) is 19.5 Å². The molecule has 0 spiro atoms. The van der Waals surface area contributed by atoms with Crippen molar-refractivity contribution in [3.8, 4) is 5.75 Å². The van der Waals surface area contributed by atoms with Gasteiger partial charge in [-0.05, 0) is 44.4 Å². The third-order valence-corrected chi connectivity index (χ3v) is 9.49. The maximum atomic E-state index is 13.0. The van der Waals surface area contributed by atoms with Crippen LogP contribution in [0.2, 0.25) is 0 Å². The van der Waals surface area contributed by atoms with Crippen molar-refractivity contribution in [3.05, 3.63) is 23.8 Å². The second-order valence-electron chi connectivity index (χ2n) is 8.03. The van der Waals surface area contributed by atoms with Crippen molar-refractivity contribution in [3.63, 3.8) is 0 Å². The van der Waals surface area contributed by atoms with Gasteiger partial charge in [0.25, 0.3) is 5.91 Å². The van der Waals surface area contributed by atoms with E-state index in [2.05, 4.69) is 0 Å². The number of amides is 1. The molecule has 2 atom stereocenters. The minimum Gasteiger partial charge on any atom is -0.495 e. The fourth-order valence-corrected chi connectivity index (χ4v) is 7.37. The highest BCUT2D eigenvalue weighted by molar-refractivity contribution is 7.91. The van der Waals surface area contributed by atoms with Crippen LogP contribution in [0.4, 0.5) is 0 Å². The normalized spacial score (nSPS) is 21.8. The third-order valence-electron chi connectivity index (χ3n) is 5.82. The van der Waals surface area contributed by atoms with E-state index in [9.17, 15) is 26.4 Å². The van der Waals surface area contributed by atoms with E-state index in [1.54, 1.807) is 0 Å². The largest absolute Gasteiger partial charge is 0.495 e. The van der Waals surface area contributed by atoms with Gasteiger partial charge in [-0.3, -0.25) is 4.79 Å². The average Bonchev–Trinajstić information content (AvgIpc) is 3.42.